The second kappa shape index (κ2) is 6.10. The van der Waals surface area contributed by atoms with Crippen LogP contribution in [-0.4, -0.2) is 29.7 Å². The van der Waals surface area contributed by atoms with Crippen molar-refractivity contribution in [2.75, 3.05) is 6.54 Å². The zero-order valence-corrected chi connectivity index (χ0v) is 11.8. The third-order valence-corrected chi connectivity index (χ3v) is 4.30. The molecule has 0 saturated carbocycles. The molecule has 0 aliphatic carbocycles. The van der Waals surface area contributed by atoms with Crippen molar-refractivity contribution in [3.63, 3.8) is 0 Å². The Morgan fingerprint density at radius 1 is 1.35 bits per heavy atom. The summed E-state index contributed by atoms with van der Waals surface area (Å²) < 4.78 is 41.5. The first kappa shape index (κ1) is 14.6. The Morgan fingerprint density at radius 2 is 2.10 bits per heavy atom. The highest BCUT2D eigenvalue weighted by Crippen LogP contribution is 2.12. The summed E-state index contributed by atoms with van der Waals surface area (Å²) >= 11 is 0. The Morgan fingerprint density at radius 3 is 2.80 bits per heavy atom. The zero-order chi connectivity index (χ0) is 14.6. The molecule has 0 saturated heterocycles. The van der Waals surface area contributed by atoms with Crippen molar-refractivity contribution in [1.29, 1.82) is 0 Å². The van der Waals surface area contributed by atoms with Gasteiger partial charge in [0.1, 0.15) is 22.9 Å². The number of hydrogen-bond donors (Lipinski definition) is 1. The van der Waals surface area contributed by atoms with Crippen molar-refractivity contribution in [3.8, 4) is 0 Å². The SMILES string of the molecule is CCn1cnnc1CCNS(=O)(=O)c1ccccc1F. The van der Waals surface area contributed by atoms with E-state index in [1.165, 1.54) is 18.2 Å². The van der Waals surface area contributed by atoms with Crippen LogP contribution < -0.4 is 4.72 Å². The van der Waals surface area contributed by atoms with Gasteiger partial charge in [0.2, 0.25) is 10.0 Å². The van der Waals surface area contributed by atoms with Crippen LogP contribution in [0.2, 0.25) is 0 Å². The van der Waals surface area contributed by atoms with Gasteiger partial charge in [-0.1, -0.05) is 12.1 Å². The molecule has 1 heterocycles. The predicted molar refractivity (Wildman–Crippen MR) is 71.0 cm³/mol. The molecule has 20 heavy (non-hydrogen) atoms. The van der Waals surface area contributed by atoms with E-state index in [4.69, 9.17) is 0 Å². The Bertz CT molecular complexity index is 684. The highest BCUT2D eigenvalue weighted by molar-refractivity contribution is 7.89. The van der Waals surface area contributed by atoms with Gasteiger partial charge in [-0.2, -0.15) is 0 Å². The van der Waals surface area contributed by atoms with Crippen LogP contribution in [0.25, 0.3) is 0 Å². The molecular formula is C12H15FN4O2S. The first-order valence-corrected chi connectivity index (χ1v) is 7.64. The van der Waals surface area contributed by atoms with Crippen molar-refractivity contribution < 1.29 is 12.8 Å². The van der Waals surface area contributed by atoms with Crippen molar-refractivity contribution in [2.24, 2.45) is 0 Å². The molecule has 0 unspecified atom stereocenters. The van der Waals surface area contributed by atoms with Crippen molar-refractivity contribution in [1.82, 2.24) is 19.5 Å². The summed E-state index contributed by atoms with van der Waals surface area (Å²) in [6, 6.07) is 5.26. The fourth-order valence-electron chi connectivity index (χ4n) is 1.77. The average molecular weight is 298 g/mol. The maximum atomic E-state index is 13.5. The number of sulfonamides is 1. The van der Waals surface area contributed by atoms with Crippen LogP contribution in [0.4, 0.5) is 4.39 Å². The smallest absolute Gasteiger partial charge is 0.243 e. The van der Waals surface area contributed by atoms with E-state index in [1.807, 2.05) is 11.5 Å². The van der Waals surface area contributed by atoms with Crippen LogP contribution in [0.3, 0.4) is 0 Å². The van der Waals surface area contributed by atoms with E-state index in [0.717, 1.165) is 6.07 Å². The van der Waals surface area contributed by atoms with Gasteiger partial charge in [0.15, 0.2) is 0 Å². The van der Waals surface area contributed by atoms with Crippen molar-refractivity contribution in [3.05, 3.63) is 42.2 Å². The minimum Gasteiger partial charge on any atom is -0.318 e. The number of halogens is 1. The van der Waals surface area contributed by atoms with Gasteiger partial charge in [0, 0.05) is 19.5 Å². The Hall–Kier alpha value is -1.80. The van der Waals surface area contributed by atoms with Gasteiger partial charge >= 0.3 is 0 Å². The van der Waals surface area contributed by atoms with Gasteiger partial charge in [0.25, 0.3) is 0 Å². The van der Waals surface area contributed by atoms with E-state index in [9.17, 15) is 12.8 Å². The first-order chi connectivity index (χ1) is 9.54. The predicted octanol–water partition coefficient (Wildman–Crippen LogP) is 0.958. The lowest BCUT2D eigenvalue weighted by molar-refractivity contribution is 0.555. The quantitative estimate of drug-likeness (QED) is 0.861. The lowest BCUT2D eigenvalue weighted by Crippen LogP contribution is -2.27. The topological polar surface area (TPSA) is 76.9 Å². The van der Waals surface area contributed by atoms with Gasteiger partial charge in [-0.15, -0.1) is 10.2 Å². The van der Waals surface area contributed by atoms with E-state index in [1.54, 1.807) is 6.33 Å². The molecule has 2 rings (SSSR count). The summed E-state index contributed by atoms with van der Waals surface area (Å²) in [5.74, 6) is -0.0829. The summed E-state index contributed by atoms with van der Waals surface area (Å²) in [5.41, 5.74) is 0. The first-order valence-electron chi connectivity index (χ1n) is 6.15. The number of benzene rings is 1. The minimum absolute atomic E-state index is 0.134. The fourth-order valence-corrected chi connectivity index (χ4v) is 2.88. The van der Waals surface area contributed by atoms with E-state index >= 15 is 0 Å². The molecule has 0 fully saturated rings. The number of hydrogen-bond acceptors (Lipinski definition) is 4. The van der Waals surface area contributed by atoms with E-state index in [2.05, 4.69) is 14.9 Å². The summed E-state index contributed by atoms with van der Waals surface area (Å²) in [5, 5.41) is 7.66. The molecule has 0 bridgehead atoms. The third kappa shape index (κ3) is 3.20. The maximum absolute atomic E-state index is 13.5. The lowest BCUT2D eigenvalue weighted by Gasteiger charge is -2.07. The highest BCUT2D eigenvalue weighted by atomic mass is 32.2. The van der Waals surface area contributed by atoms with E-state index in [-0.39, 0.29) is 11.4 Å². The molecule has 2 aromatic rings. The number of rotatable bonds is 6. The zero-order valence-electron chi connectivity index (χ0n) is 11.0. The molecule has 0 aliphatic rings. The normalized spacial score (nSPS) is 11.7. The molecular weight excluding hydrogens is 283 g/mol. The van der Waals surface area contributed by atoms with Gasteiger partial charge in [-0.25, -0.2) is 17.5 Å². The van der Waals surface area contributed by atoms with Gasteiger partial charge in [-0.05, 0) is 19.1 Å². The largest absolute Gasteiger partial charge is 0.318 e. The Kier molecular flexibility index (Phi) is 4.46. The van der Waals surface area contributed by atoms with Gasteiger partial charge in [-0.3, -0.25) is 0 Å². The highest BCUT2D eigenvalue weighted by Gasteiger charge is 2.18. The Labute approximate surface area is 116 Å². The summed E-state index contributed by atoms with van der Waals surface area (Å²) in [6.45, 7) is 2.79. The lowest BCUT2D eigenvalue weighted by atomic mass is 10.4. The number of nitrogens with one attached hydrogen (secondary N) is 1. The molecule has 0 spiro atoms. The van der Waals surface area contributed by atoms with E-state index < -0.39 is 15.8 Å². The monoisotopic (exact) mass is 298 g/mol. The molecule has 1 aromatic carbocycles. The summed E-state index contributed by atoms with van der Waals surface area (Å²) in [4.78, 5) is -0.350. The number of aromatic nitrogens is 3. The summed E-state index contributed by atoms with van der Waals surface area (Å²) in [6.07, 6.45) is 1.97. The van der Waals surface area contributed by atoms with Crippen LogP contribution in [0.5, 0.6) is 0 Å². The number of nitrogens with zero attached hydrogens (tertiary/aromatic N) is 3. The van der Waals surface area contributed by atoms with Gasteiger partial charge < -0.3 is 4.57 Å². The Balaban J connectivity index is 2.02. The van der Waals surface area contributed by atoms with Crippen LogP contribution in [0, 0.1) is 5.82 Å². The molecule has 8 heteroatoms. The standard InChI is InChI=1S/C12H15FN4O2S/c1-2-17-9-14-16-12(17)7-8-15-20(18,19)11-6-4-3-5-10(11)13/h3-6,9,15H,2,7-8H2,1H3. The minimum atomic E-state index is -3.85. The van der Waals surface area contributed by atoms with Crippen molar-refractivity contribution >= 4 is 10.0 Å². The third-order valence-electron chi connectivity index (χ3n) is 2.80. The maximum Gasteiger partial charge on any atom is 0.243 e. The molecule has 0 amide bonds. The number of aryl methyl sites for hydroxylation is 1. The molecule has 0 radical (unpaired) electrons. The van der Waals surface area contributed by atoms with E-state index in [0.29, 0.717) is 18.8 Å². The molecule has 1 aromatic heterocycles. The molecule has 6 nitrogen and oxygen atoms in total. The van der Waals surface area contributed by atoms with Crippen LogP contribution >= 0.6 is 0 Å². The van der Waals surface area contributed by atoms with Crippen LogP contribution in [0.1, 0.15) is 12.7 Å². The van der Waals surface area contributed by atoms with Crippen molar-refractivity contribution in [2.45, 2.75) is 24.8 Å². The average Bonchev–Trinajstić information content (AvgIpc) is 2.86. The van der Waals surface area contributed by atoms with Gasteiger partial charge in [0.05, 0.1) is 0 Å². The molecule has 0 atom stereocenters. The second-order valence-electron chi connectivity index (χ2n) is 4.11. The molecule has 1 N–H and O–H groups in total. The molecule has 0 aliphatic heterocycles. The fraction of sp³-hybridized carbons (Fsp3) is 0.333. The summed E-state index contributed by atoms with van der Waals surface area (Å²) in [7, 11) is -3.85. The van der Waals surface area contributed by atoms with Crippen LogP contribution in [0.15, 0.2) is 35.5 Å². The molecule has 108 valence electrons. The van der Waals surface area contributed by atoms with Crippen LogP contribution in [-0.2, 0) is 23.0 Å². The second-order valence-corrected chi connectivity index (χ2v) is 5.85.